The van der Waals surface area contributed by atoms with Crippen LogP contribution in [-0.2, 0) is 36.4 Å². The number of carbonyl (C=O) groups excluding carboxylic acids is 1. The molecule has 49 heavy (non-hydrogen) atoms. The van der Waals surface area contributed by atoms with Crippen LogP contribution in [0.3, 0.4) is 0 Å². The molecule has 2 aliphatic heterocycles. The number of aliphatic hydroxyl groups is 1. The van der Waals surface area contributed by atoms with Gasteiger partial charge in [0.1, 0.15) is 12.3 Å². The predicted octanol–water partition coefficient (Wildman–Crippen LogP) is 6.11. The van der Waals surface area contributed by atoms with Gasteiger partial charge in [0.05, 0.1) is 40.3 Å². The molecule has 0 unspecified atom stereocenters. The number of nitrogens with one attached hydrogen (secondary N) is 1. The third kappa shape index (κ3) is 6.99. The molecule has 1 aliphatic carbocycles. The number of anilines is 1. The summed E-state index contributed by atoms with van der Waals surface area (Å²) >= 11 is 7.12. The second kappa shape index (κ2) is 13.4. The second-order valence-corrected chi connectivity index (χ2v) is 21.7. The number of aliphatic hydroxyl groups excluding tert-OH is 1. The monoisotopic (exact) mass is 711 g/mol. The summed E-state index contributed by atoms with van der Waals surface area (Å²) in [7, 11) is 0.436. The molecule has 1 saturated carbocycles. The molecule has 2 bridgehead atoms. The van der Waals surface area contributed by atoms with Gasteiger partial charge in [-0.25, -0.2) is 4.79 Å². The zero-order valence-corrected chi connectivity index (χ0v) is 31.7. The maximum absolute atomic E-state index is 14.5. The number of piperidine rings is 2. The first-order valence-electron chi connectivity index (χ1n) is 17.3. The number of benzene rings is 1. The van der Waals surface area contributed by atoms with Gasteiger partial charge in [-0.2, -0.15) is 10.1 Å². The van der Waals surface area contributed by atoms with Crippen LogP contribution in [0.4, 0.5) is 10.7 Å². The topological polar surface area (TPSA) is 129 Å². The largest absolute Gasteiger partial charge is 0.444 e. The fourth-order valence-corrected chi connectivity index (χ4v) is 8.44. The van der Waals surface area contributed by atoms with E-state index in [1.807, 2.05) is 50.6 Å². The smallest absolute Gasteiger partial charge is 0.407 e. The Morgan fingerprint density at radius 2 is 1.92 bits per heavy atom. The van der Waals surface area contributed by atoms with Crippen molar-refractivity contribution in [3.63, 3.8) is 0 Å². The third-order valence-electron chi connectivity index (χ3n) is 9.73. The van der Waals surface area contributed by atoms with Gasteiger partial charge in [0.25, 0.3) is 5.56 Å². The van der Waals surface area contributed by atoms with Crippen molar-refractivity contribution < 1.29 is 19.4 Å². The standard InChI is InChI=1S/C35H50ClN7O5Si/c1-9-43-27(19-44)29-24(39-43)12-11-22(30(29)36)23-18-41(20-47-14-15-49(6,7)8)31-28(23)32(45)40(5)33(38-31)42-17-21-10-13-26(42)25(16-21)37-34(46)48-35(2,3)4/h11-12,18,21,25-26,44H,9-10,13-17,19-20H2,1-8H3,(H,37,46)/t21-,25-,26-/m1/s1. The Morgan fingerprint density at radius 1 is 1.16 bits per heavy atom. The Bertz CT molecular complexity index is 1940. The van der Waals surface area contributed by atoms with Crippen LogP contribution >= 0.6 is 11.6 Å². The van der Waals surface area contributed by atoms with Crippen LogP contribution < -0.4 is 15.8 Å². The fourth-order valence-electron chi connectivity index (χ4n) is 7.32. The van der Waals surface area contributed by atoms with E-state index in [2.05, 4.69) is 35.0 Å². The summed E-state index contributed by atoms with van der Waals surface area (Å²) in [6.45, 7) is 16.4. The van der Waals surface area contributed by atoms with Crippen LogP contribution in [0.1, 0.15) is 52.7 Å². The molecule has 3 atom stereocenters. The van der Waals surface area contributed by atoms with E-state index in [0.717, 1.165) is 31.9 Å². The van der Waals surface area contributed by atoms with Gasteiger partial charge in [-0.3, -0.25) is 14.0 Å². The van der Waals surface area contributed by atoms with Crippen molar-refractivity contribution in [3.05, 3.63) is 39.4 Å². The molecule has 5 heterocycles. The van der Waals surface area contributed by atoms with Crippen molar-refractivity contribution in [2.75, 3.05) is 18.1 Å². The quantitative estimate of drug-likeness (QED) is 0.149. The van der Waals surface area contributed by atoms with E-state index in [1.165, 1.54) is 0 Å². The lowest BCUT2D eigenvalue weighted by Crippen LogP contribution is -2.62. The Balaban J connectivity index is 1.45. The number of aryl methyl sites for hydroxylation is 1. The van der Waals surface area contributed by atoms with E-state index < -0.39 is 19.8 Å². The average Bonchev–Trinajstić information content (AvgIpc) is 3.58. The molecular formula is C35H50ClN7O5Si. The molecular weight excluding hydrogens is 662 g/mol. The van der Waals surface area contributed by atoms with Crippen LogP contribution in [-0.4, -0.2) is 74.0 Å². The molecule has 14 heteroatoms. The number of ether oxygens (including phenoxy) is 2. The van der Waals surface area contributed by atoms with Crippen molar-refractivity contribution in [2.24, 2.45) is 13.0 Å². The van der Waals surface area contributed by atoms with E-state index in [1.54, 1.807) is 16.3 Å². The summed E-state index contributed by atoms with van der Waals surface area (Å²) in [4.78, 5) is 34.7. The van der Waals surface area contributed by atoms with Gasteiger partial charge < -0.3 is 29.4 Å². The average molecular weight is 712 g/mol. The molecule has 4 aromatic rings. The van der Waals surface area contributed by atoms with Crippen molar-refractivity contribution in [3.8, 4) is 11.1 Å². The minimum absolute atomic E-state index is 0.0344. The highest BCUT2D eigenvalue weighted by molar-refractivity contribution is 6.76. The number of fused-ring (bicyclic) bond motifs is 5. The van der Waals surface area contributed by atoms with Crippen LogP contribution in [0.2, 0.25) is 30.7 Å². The second-order valence-electron chi connectivity index (χ2n) is 15.7. The maximum Gasteiger partial charge on any atom is 0.407 e. The van der Waals surface area contributed by atoms with Crippen LogP contribution in [0.5, 0.6) is 0 Å². The van der Waals surface area contributed by atoms with Crippen molar-refractivity contribution in [1.82, 2.24) is 29.2 Å². The van der Waals surface area contributed by atoms with E-state index in [0.29, 0.717) is 68.8 Å². The third-order valence-corrected chi connectivity index (χ3v) is 11.8. The van der Waals surface area contributed by atoms with E-state index in [-0.39, 0.29) is 31.0 Å². The van der Waals surface area contributed by atoms with Crippen LogP contribution in [0, 0.1) is 5.92 Å². The maximum atomic E-state index is 14.5. The number of amides is 1. The molecule has 3 aromatic heterocycles. The highest BCUT2D eigenvalue weighted by Crippen LogP contribution is 2.41. The number of rotatable bonds is 10. The number of aromatic nitrogens is 5. The molecule has 266 valence electrons. The summed E-state index contributed by atoms with van der Waals surface area (Å²) < 4.78 is 17.1. The van der Waals surface area contributed by atoms with E-state index in [4.69, 9.17) is 26.1 Å². The summed E-state index contributed by atoms with van der Waals surface area (Å²) in [5, 5.41) is 19.5. The number of alkyl carbamates (subject to hydrolysis) is 1. The van der Waals surface area contributed by atoms with Gasteiger partial charge in [0, 0.05) is 57.5 Å². The summed E-state index contributed by atoms with van der Waals surface area (Å²) in [6, 6.07) is 4.61. The van der Waals surface area contributed by atoms with Gasteiger partial charge in [-0.1, -0.05) is 37.3 Å². The van der Waals surface area contributed by atoms with Gasteiger partial charge >= 0.3 is 6.09 Å². The molecule has 2 N–H and O–H groups in total. The molecule has 12 nitrogen and oxygen atoms in total. The number of hydrogen-bond donors (Lipinski definition) is 2. The van der Waals surface area contributed by atoms with Crippen LogP contribution in [0.25, 0.3) is 33.1 Å². The lowest BCUT2D eigenvalue weighted by atomic mass is 9.76. The molecule has 3 aliphatic rings. The summed E-state index contributed by atoms with van der Waals surface area (Å²) in [6.07, 6.45) is 4.26. The van der Waals surface area contributed by atoms with Gasteiger partial charge in [0.15, 0.2) is 5.65 Å². The number of carbonyl (C=O) groups is 1. The SMILES string of the molecule is CCn1nc2ccc(-c3cn(COCC[Si](C)(C)C)c4nc(N5C[C@@H]6CC[C@@H]5[C@H](NC(=O)OC(C)(C)C)C6)n(C)c(=O)c34)c(Cl)c2c1CO. The normalized spacial score (nSPS) is 19.7. The number of hydrogen-bond acceptors (Lipinski definition) is 8. The minimum Gasteiger partial charge on any atom is -0.444 e. The summed E-state index contributed by atoms with van der Waals surface area (Å²) in [5.41, 5.74) is 2.34. The Morgan fingerprint density at radius 3 is 2.57 bits per heavy atom. The van der Waals surface area contributed by atoms with Gasteiger partial charge in [-0.05, 0) is 65.0 Å². The molecule has 2 saturated heterocycles. The van der Waals surface area contributed by atoms with E-state index >= 15 is 0 Å². The molecule has 0 radical (unpaired) electrons. The Labute approximate surface area is 293 Å². The van der Waals surface area contributed by atoms with Crippen LogP contribution in [0.15, 0.2) is 23.1 Å². The first kappa shape index (κ1) is 35.4. The molecule has 7 rings (SSSR count). The van der Waals surface area contributed by atoms with Gasteiger partial charge in [0.2, 0.25) is 5.95 Å². The minimum atomic E-state index is -1.32. The Kier molecular flexibility index (Phi) is 9.68. The zero-order valence-electron chi connectivity index (χ0n) is 30.0. The first-order valence-corrected chi connectivity index (χ1v) is 21.4. The van der Waals surface area contributed by atoms with Crippen molar-refractivity contribution >= 4 is 53.7 Å². The molecule has 0 spiro atoms. The lowest BCUT2D eigenvalue weighted by Gasteiger charge is -2.50. The van der Waals surface area contributed by atoms with Crippen molar-refractivity contribution in [2.45, 2.75) is 110 Å². The fraction of sp³-hybridized carbons (Fsp3) is 0.600. The predicted molar refractivity (Wildman–Crippen MR) is 196 cm³/mol. The van der Waals surface area contributed by atoms with E-state index in [9.17, 15) is 14.7 Å². The number of halogens is 1. The molecule has 3 fully saturated rings. The lowest BCUT2D eigenvalue weighted by molar-refractivity contribution is 0.0456. The highest BCUT2D eigenvalue weighted by Gasteiger charge is 2.43. The molecule has 1 aromatic carbocycles. The molecule has 1 amide bonds. The zero-order chi connectivity index (χ0) is 35.4. The number of nitrogens with zero attached hydrogens (tertiary/aromatic N) is 6. The first-order chi connectivity index (χ1) is 23.1. The van der Waals surface area contributed by atoms with Crippen molar-refractivity contribution in [1.29, 1.82) is 0 Å². The highest BCUT2D eigenvalue weighted by atomic mass is 35.5. The summed E-state index contributed by atoms with van der Waals surface area (Å²) in [5.74, 6) is 0.907. The Hall–Kier alpha value is -3.39. The van der Waals surface area contributed by atoms with Gasteiger partial charge in [-0.15, -0.1) is 0 Å².